The van der Waals surface area contributed by atoms with Crippen molar-refractivity contribution in [2.45, 2.75) is 35.6 Å². The Morgan fingerprint density at radius 3 is 2.65 bits per heavy atom. The van der Waals surface area contributed by atoms with Gasteiger partial charge in [-0.15, -0.1) is 0 Å². The Morgan fingerprint density at radius 2 is 1.95 bits per heavy atom. The van der Waals surface area contributed by atoms with Crippen molar-refractivity contribution >= 4 is 27.7 Å². The highest BCUT2D eigenvalue weighted by molar-refractivity contribution is 9.10. The second kappa shape index (κ2) is 7.25. The van der Waals surface area contributed by atoms with Crippen LogP contribution in [0.15, 0.2) is 56.7 Å². The van der Waals surface area contributed by atoms with E-state index in [0.717, 1.165) is 26.2 Å². The summed E-state index contributed by atoms with van der Waals surface area (Å²) in [6.45, 7) is 2.05. The van der Waals surface area contributed by atoms with Crippen LogP contribution in [-0.4, -0.2) is 6.04 Å². The molecule has 0 heterocycles. The molecule has 1 atom stereocenters. The molecular formula is C16H17BrFNS. The van der Waals surface area contributed by atoms with E-state index < -0.39 is 0 Å². The average Bonchev–Trinajstić information content (AvgIpc) is 2.44. The fourth-order valence-electron chi connectivity index (χ4n) is 1.88. The number of nitrogens with two attached hydrogens (primary N) is 1. The number of hydrogen-bond acceptors (Lipinski definition) is 2. The lowest BCUT2D eigenvalue weighted by Crippen LogP contribution is -2.21. The van der Waals surface area contributed by atoms with E-state index in [1.807, 2.05) is 37.3 Å². The van der Waals surface area contributed by atoms with E-state index in [2.05, 4.69) is 15.9 Å². The Morgan fingerprint density at radius 1 is 1.20 bits per heavy atom. The van der Waals surface area contributed by atoms with Crippen LogP contribution in [0.5, 0.6) is 0 Å². The second-order valence-electron chi connectivity index (χ2n) is 4.66. The van der Waals surface area contributed by atoms with Crippen LogP contribution < -0.4 is 5.73 Å². The Balaban J connectivity index is 2.29. The Labute approximate surface area is 131 Å². The van der Waals surface area contributed by atoms with E-state index >= 15 is 0 Å². The van der Waals surface area contributed by atoms with Crippen molar-refractivity contribution in [2.75, 3.05) is 0 Å². The Bertz CT molecular complexity index is 588. The van der Waals surface area contributed by atoms with Gasteiger partial charge >= 0.3 is 0 Å². The molecule has 2 aromatic rings. The van der Waals surface area contributed by atoms with Gasteiger partial charge in [0.1, 0.15) is 5.82 Å². The number of halogens is 2. The minimum absolute atomic E-state index is 0.0652. The summed E-state index contributed by atoms with van der Waals surface area (Å²) in [5.74, 6) is -0.209. The summed E-state index contributed by atoms with van der Waals surface area (Å²) in [5, 5.41) is 0. The second-order valence-corrected chi connectivity index (χ2v) is 6.60. The van der Waals surface area contributed by atoms with Crippen molar-refractivity contribution in [2.24, 2.45) is 5.73 Å². The smallest absolute Gasteiger partial charge is 0.123 e. The Kier molecular flexibility index (Phi) is 5.64. The third kappa shape index (κ3) is 4.08. The van der Waals surface area contributed by atoms with Gasteiger partial charge in [-0.05, 0) is 64.7 Å². The van der Waals surface area contributed by atoms with Gasteiger partial charge < -0.3 is 5.73 Å². The van der Waals surface area contributed by atoms with Crippen molar-refractivity contribution in [3.63, 3.8) is 0 Å². The first-order valence-corrected chi connectivity index (χ1v) is 8.17. The molecule has 4 heteroatoms. The molecule has 0 aliphatic carbocycles. The standard InChI is InChI=1S/C16H17BrFNS/c1-2-13(19)10-11-9-12(18)7-8-15(11)20-16-6-4-3-5-14(16)17/h3-9,13H,2,10,19H2,1H3. The summed E-state index contributed by atoms with van der Waals surface area (Å²) in [6, 6.07) is 13.0. The summed E-state index contributed by atoms with van der Waals surface area (Å²) in [6.07, 6.45) is 1.58. The lowest BCUT2D eigenvalue weighted by atomic mass is 10.0. The van der Waals surface area contributed by atoms with Crippen molar-refractivity contribution in [1.82, 2.24) is 0 Å². The van der Waals surface area contributed by atoms with E-state index in [1.54, 1.807) is 17.8 Å². The predicted octanol–water partition coefficient (Wildman–Crippen LogP) is 5.02. The largest absolute Gasteiger partial charge is 0.327 e. The van der Waals surface area contributed by atoms with Crippen LogP contribution in [0.2, 0.25) is 0 Å². The molecule has 2 N–H and O–H groups in total. The summed E-state index contributed by atoms with van der Waals surface area (Å²) >= 11 is 5.17. The van der Waals surface area contributed by atoms with Gasteiger partial charge in [-0.2, -0.15) is 0 Å². The molecule has 2 rings (SSSR count). The van der Waals surface area contributed by atoms with Gasteiger partial charge in [0.2, 0.25) is 0 Å². The number of benzene rings is 2. The van der Waals surface area contributed by atoms with Crippen molar-refractivity contribution in [1.29, 1.82) is 0 Å². The summed E-state index contributed by atoms with van der Waals surface area (Å²) < 4.78 is 14.5. The molecule has 1 unspecified atom stereocenters. The molecule has 0 spiro atoms. The number of rotatable bonds is 5. The monoisotopic (exact) mass is 353 g/mol. The minimum atomic E-state index is -0.209. The lowest BCUT2D eigenvalue weighted by molar-refractivity contribution is 0.610. The first kappa shape index (κ1) is 15.5. The molecule has 0 bridgehead atoms. The third-order valence-corrected chi connectivity index (χ3v) is 5.23. The molecule has 20 heavy (non-hydrogen) atoms. The molecule has 0 amide bonds. The van der Waals surface area contributed by atoms with E-state index in [4.69, 9.17) is 5.73 Å². The van der Waals surface area contributed by atoms with Gasteiger partial charge in [0.05, 0.1) is 0 Å². The molecule has 0 aliphatic heterocycles. The number of hydrogen-bond donors (Lipinski definition) is 1. The highest BCUT2D eigenvalue weighted by Gasteiger charge is 2.11. The molecule has 0 aliphatic rings. The van der Waals surface area contributed by atoms with E-state index in [1.165, 1.54) is 6.07 Å². The van der Waals surface area contributed by atoms with Crippen molar-refractivity contribution in [3.8, 4) is 0 Å². The predicted molar refractivity (Wildman–Crippen MR) is 86.6 cm³/mol. The molecule has 106 valence electrons. The molecule has 0 aromatic heterocycles. The van der Waals surface area contributed by atoms with Gasteiger partial charge in [-0.25, -0.2) is 4.39 Å². The van der Waals surface area contributed by atoms with E-state index in [-0.39, 0.29) is 11.9 Å². The molecule has 0 fully saturated rings. The SMILES string of the molecule is CCC(N)Cc1cc(F)ccc1Sc1ccccc1Br. The Hall–Kier alpha value is -0.840. The van der Waals surface area contributed by atoms with E-state index in [9.17, 15) is 4.39 Å². The highest BCUT2D eigenvalue weighted by atomic mass is 79.9. The van der Waals surface area contributed by atoms with Gasteiger partial charge in [-0.1, -0.05) is 30.8 Å². The molecule has 0 radical (unpaired) electrons. The van der Waals surface area contributed by atoms with Gasteiger partial charge in [0.15, 0.2) is 0 Å². The third-order valence-electron chi connectivity index (χ3n) is 3.09. The van der Waals surface area contributed by atoms with Crippen LogP contribution in [0.4, 0.5) is 4.39 Å². The van der Waals surface area contributed by atoms with Crippen LogP contribution >= 0.6 is 27.7 Å². The maximum absolute atomic E-state index is 13.5. The zero-order chi connectivity index (χ0) is 14.5. The molecule has 0 saturated heterocycles. The van der Waals surface area contributed by atoms with Crippen LogP contribution in [-0.2, 0) is 6.42 Å². The summed E-state index contributed by atoms with van der Waals surface area (Å²) in [7, 11) is 0. The zero-order valence-electron chi connectivity index (χ0n) is 11.3. The fourth-order valence-corrected chi connectivity index (χ4v) is 3.37. The van der Waals surface area contributed by atoms with Crippen molar-refractivity contribution < 1.29 is 4.39 Å². The first-order chi connectivity index (χ1) is 9.60. The topological polar surface area (TPSA) is 26.0 Å². The lowest BCUT2D eigenvalue weighted by Gasteiger charge is -2.14. The van der Waals surface area contributed by atoms with Crippen LogP contribution in [0, 0.1) is 5.82 Å². The highest BCUT2D eigenvalue weighted by Crippen LogP contribution is 2.35. The van der Waals surface area contributed by atoms with Gasteiger partial charge in [-0.3, -0.25) is 0 Å². The molecule has 2 aromatic carbocycles. The van der Waals surface area contributed by atoms with Crippen LogP contribution in [0.3, 0.4) is 0 Å². The summed E-state index contributed by atoms with van der Waals surface area (Å²) in [5.41, 5.74) is 6.98. The normalized spacial score (nSPS) is 12.4. The molecule has 0 saturated carbocycles. The fraction of sp³-hybridized carbons (Fsp3) is 0.250. The maximum Gasteiger partial charge on any atom is 0.123 e. The van der Waals surface area contributed by atoms with Crippen LogP contribution in [0.1, 0.15) is 18.9 Å². The molecule has 1 nitrogen and oxygen atoms in total. The van der Waals surface area contributed by atoms with Gasteiger partial charge in [0, 0.05) is 20.3 Å². The first-order valence-electron chi connectivity index (χ1n) is 6.56. The van der Waals surface area contributed by atoms with Gasteiger partial charge in [0.25, 0.3) is 0 Å². The van der Waals surface area contributed by atoms with Crippen LogP contribution in [0.25, 0.3) is 0 Å². The maximum atomic E-state index is 13.5. The summed E-state index contributed by atoms with van der Waals surface area (Å²) in [4.78, 5) is 2.17. The minimum Gasteiger partial charge on any atom is -0.327 e. The quantitative estimate of drug-likeness (QED) is 0.816. The molecular weight excluding hydrogens is 337 g/mol. The zero-order valence-corrected chi connectivity index (χ0v) is 13.7. The van der Waals surface area contributed by atoms with Crippen molar-refractivity contribution in [3.05, 3.63) is 58.3 Å². The average molecular weight is 354 g/mol. The van der Waals surface area contributed by atoms with E-state index in [0.29, 0.717) is 6.42 Å².